The Kier molecular flexibility index (Phi) is 3.29. The van der Waals surface area contributed by atoms with E-state index in [1.807, 2.05) is 24.4 Å². The van der Waals surface area contributed by atoms with Crippen LogP contribution in [0.1, 0.15) is 5.56 Å². The molecule has 3 rings (SSSR count). The molecule has 0 saturated carbocycles. The average Bonchev–Trinajstić information content (AvgIpc) is 2.82. The minimum Gasteiger partial charge on any atom is -0.353 e. The van der Waals surface area contributed by atoms with Crippen LogP contribution >= 0.6 is 11.6 Å². The Labute approximate surface area is 115 Å². The third kappa shape index (κ3) is 2.82. The van der Waals surface area contributed by atoms with E-state index in [-0.39, 0.29) is 0 Å². The van der Waals surface area contributed by atoms with Crippen LogP contribution in [0.4, 0.5) is 5.95 Å². The number of anilines is 1. The molecule has 3 aromatic rings. The van der Waals surface area contributed by atoms with Gasteiger partial charge in [-0.25, -0.2) is 4.52 Å². The molecule has 0 unspecified atom stereocenters. The predicted molar refractivity (Wildman–Crippen MR) is 74.4 cm³/mol. The highest BCUT2D eigenvalue weighted by molar-refractivity contribution is 6.30. The first-order valence-corrected chi connectivity index (χ1v) is 6.34. The first kappa shape index (κ1) is 11.9. The Morgan fingerprint density at radius 2 is 2.21 bits per heavy atom. The highest BCUT2D eigenvalue weighted by atomic mass is 35.5. The van der Waals surface area contributed by atoms with Gasteiger partial charge in [-0.2, -0.15) is 4.98 Å². The van der Waals surface area contributed by atoms with Gasteiger partial charge in [0.05, 0.1) is 5.02 Å². The SMILES string of the molecule is Clc1ccc2nc(NCCc3cccnc3)nn2c1. The maximum Gasteiger partial charge on any atom is 0.243 e. The molecule has 0 aliphatic carbocycles. The van der Waals surface area contributed by atoms with Crippen molar-refractivity contribution >= 4 is 23.2 Å². The number of hydrogen-bond donors (Lipinski definition) is 1. The maximum absolute atomic E-state index is 5.90. The van der Waals surface area contributed by atoms with Gasteiger partial charge >= 0.3 is 0 Å². The summed E-state index contributed by atoms with van der Waals surface area (Å²) in [6, 6.07) is 7.61. The number of pyridine rings is 2. The van der Waals surface area contributed by atoms with Crippen LogP contribution in [0.2, 0.25) is 5.02 Å². The Balaban J connectivity index is 1.65. The second-order valence-electron chi connectivity index (χ2n) is 4.12. The topological polar surface area (TPSA) is 55.1 Å². The van der Waals surface area contributed by atoms with Gasteiger partial charge in [-0.1, -0.05) is 17.7 Å². The third-order valence-electron chi connectivity index (χ3n) is 2.71. The first-order chi connectivity index (χ1) is 9.31. The zero-order valence-electron chi connectivity index (χ0n) is 10.1. The second-order valence-corrected chi connectivity index (χ2v) is 4.56. The molecule has 1 N–H and O–H groups in total. The van der Waals surface area contributed by atoms with Gasteiger partial charge in [0.2, 0.25) is 5.95 Å². The second kappa shape index (κ2) is 5.24. The minimum atomic E-state index is 0.603. The fourth-order valence-corrected chi connectivity index (χ4v) is 1.95. The van der Waals surface area contributed by atoms with Crippen molar-refractivity contribution in [2.75, 3.05) is 11.9 Å². The molecule has 0 aliphatic heterocycles. The summed E-state index contributed by atoms with van der Waals surface area (Å²) in [5.41, 5.74) is 1.95. The third-order valence-corrected chi connectivity index (χ3v) is 2.94. The van der Waals surface area contributed by atoms with Crippen LogP contribution in [0, 0.1) is 0 Å². The Hall–Kier alpha value is -2.14. The Morgan fingerprint density at radius 1 is 1.26 bits per heavy atom. The lowest BCUT2D eigenvalue weighted by Gasteiger charge is -2.00. The van der Waals surface area contributed by atoms with Gasteiger partial charge in [-0.05, 0) is 30.2 Å². The van der Waals surface area contributed by atoms with Crippen molar-refractivity contribution in [3.8, 4) is 0 Å². The van der Waals surface area contributed by atoms with Crippen molar-refractivity contribution in [2.24, 2.45) is 0 Å². The zero-order chi connectivity index (χ0) is 13.1. The van der Waals surface area contributed by atoms with Crippen LogP contribution in [-0.2, 0) is 6.42 Å². The van der Waals surface area contributed by atoms with Gasteiger partial charge < -0.3 is 5.32 Å². The number of nitrogens with one attached hydrogen (secondary N) is 1. The number of aromatic nitrogens is 4. The lowest BCUT2D eigenvalue weighted by Crippen LogP contribution is -2.06. The van der Waals surface area contributed by atoms with Crippen molar-refractivity contribution in [1.82, 2.24) is 19.6 Å². The highest BCUT2D eigenvalue weighted by Gasteiger charge is 2.03. The number of nitrogens with zero attached hydrogens (tertiary/aromatic N) is 4. The molecule has 0 fully saturated rings. The van der Waals surface area contributed by atoms with E-state index in [0.717, 1.165) is 18.6 Å². The maximum atomic E-state index is 5.90. The smallest absolute Gasteiger partial charge is 0.243 e. The summed E-state index contributed by atoms with van der Waals surface area (Å²) < 4.78 is 1.66. The molecule has 19 heavy (non-hydrogen) atoms. The Morgan fingerprint density at radius 3 is 3.05 bits per heavy atom. The van der Waals surface area contributed by atoms with E-state index in [4.69, 9.17) is 11.6 Å². The first-order valence-electron chi connectivity index (χ1n) is 5.96. The lowest BCUT2D eigenvalue weighted by molar-refractivity contribution is 0.935. The summed E-state index contributed by atoms with van der Waals surface area (Å²) >= 11 is 5.90. The normalized spacial score (nSPS) is 10.8. The molecule has 96 valence electrons. The molecule has 0 saturated heterocycles. The molecule has 0 bridgehead atoms. The van der Waals surface area contributed by atoms with Crippen molar-refractivity contribution in [1.29, 1.82) is 0 Å². The van der Waals surface area contributed by atoms with Crippen LogP contribution in [-0.4, -0.2) is 26.1 Å². The molecule has 5 nitrogen and oxygen atoms in total. The number of halogens is 1. The summed E-state index contributed by atoms with van der Waals surface area (Å²) in [5.74, 6) is 0.603. The van der Waals surface area contributed by atoms with Crippen molar-refractivity contribution in [2.45, 2.75) is 6.42 Å². The average molecular weight is 274 g/mol. The number of rotatable bonds is 4. The predicted octanol–water partition coefficient (Wildman–Crippen LogP) is 2.43. The fraction of sp³-hybridized carbons (Fsp3) is 0.154. The molecule has 0 spiro atoms. The van der Waals surface area contributed by atoms with Gasteiger partial charge in [0, 0.05) is 25.1 Å². The summed E-state index contributed by atoms with van der Waals surface area (Å²) in [6.45, 7) is 0.760. The molecule has 3 heterocycles. The summed E-state index contributed by atoms with van der Waals surface area (Å²) in [6.07, 6.45) is 6.24. The number of fused-ring (bicyclic) bond motifs is 1. The van der Waals surface area contributed by atoms with Gasteiger partial charge in [0.1, 0.15) is 0 Å². The van der Waals surface area contributed by atoms with Crippen LogP contribution in [0.3, 0.4) is 0 Å². The molecule has 3 aromatic heterocycles. The van der Waals surface area contributed by atoms with Gasteiger partial charge in [0.25, 0.3) is 0 Å². The largest absolute Gasteiger partial charge is 0.353 e. The molecule has 0 atom stereocenters. The van der Waals surface area contributed by atoms with Crippen LogP contribution < -0.4 is 5.32 Å². The van der Waals surface area contributed by atoms with Crippen LogP contribution in [0.25, 0.3) is 5.65 Å². The van der Waals surface area contributed by atoms with Crippen molar-refractivity contribution in [3.63, 3.8) is 0 Å². The van der Waals surface area contributed by atoms with Crippen molar-refractivity contribution in [3.05, 3.63) is 53.4 Å². The van der Waals surface area contributed by atoms with Gasteiger partial charge in [-0.3, -0.25) is 4.98 Å². The number of hydrogen-bond acceptors (Lipinski definition) is 4. The lowest BCUT2D eigenvalue weighted by atomic mass is 10.2. The summed E-state index contributed by atoms with van der Waals surface area (Å²) in [7, 11) is 0. The van der Waals surface area contributed by atoms with Crippen LogP contribution in [0.15, 0.2) is 42.9 Å². The summed E-state index contributed by atoms with van der Waals surface area (Å²) in [5, 5.41) is 8.13. The van der Waals surface area contributed by atoms with E-state index in [0.29, 0.717) is 11.0 Å². The van der Waals surface area contributed by atoms with Gasteiger partial charge in [-0.15, -0.1) is 5.10 Å². The van der Waals surface area contributed by atoms with E-state index in [2.05, 4.69) is 20.4 Å². The van der Waals surface area contributed by atoms with E-state index < -0.39 is 0 Å². The summed E-state index contributed by atoms with van der Waals surface area (Å²) in [4.78, 5) is 8.43. The monoisotopic (exact) mass is 273 g/mol. The minimum absolute atomic E-state index is 0.603. The van der Waals surface area contributed by atoms with Crippen molar-refractivity contribution < 1.29 is 0 Å². The van der Waals surface area contributed by atoms with E-state index >= 15 is 0 Å². The molecule has 0 aliphatic rings. The zero-order valence-corrected chi connectivity index (χ0v) is 10.9. The molecule has 6 heteroatoms. The van der Waals surface area contributed by atoms with E-state index in [1.54, 1.807) is 23.0 Å². The molecule has 0 aromatic carbocycles. The molecular formula is C13H12ClN5. The standard InChI is InChI=1S/C13H12ClN5/c14-11-3-4-12-17-13(18-19(12)9-11)16-7-5-10-2-1-6-15-8-10/h1-4,6,8-9H,5,7H2,(H,16,18). The molecular weight excluding hydrogens is 262 g/mol. The van der Waals surface area contributed by atoms with E-state index in [9.17, 15) is 0 Å². The van der Waals surface area contributed by atoms with E-state index in [1.165, 1.54) is 5.56 Å². The van der Waals surface area contributed by atoms with Crippen LogP contribution in [0.5, 0.6) is 0 Å². The molecule has 0 amide bonds. The Bertz CT molecular complexity index is 680. The molecule has 0 radical (unpaired) electrons. The fourth-order valence-electron chi connectivity index (χ4n) is 1.80. The highest BCUT2D eigenvalue weighted by Crippen LogP contribution is 2.11. The quantitative estimate of drug-likeness (QED) is 0.793. The van der Waals surface area contributed by atoms with Gasteiger partial charge in [0.15, 0.2) is 5.65 Å².